The van der Waals surface area contributed by atoms with E-state index in [4.69, 9.17) is 0 Å². The van der Waals surface area contributed by atoms with Crippen LogP contribution in [0.25, 0.3) is 0 Å². The first-order valence-electron chi connectivity index (χ1n) is 4.56. The van der Waals surface area contributed by atoms with Crippen LogP contribution in [0.15, 0.2) is 0 Å². The van der Waals surface area contributed by atoms with Gasteiger partial charge in [-0.3, -0.25) is 0 Å². The van der Waals surface area contributed by atoms with Gasteiger partial charge in [-0.2, -0.15) is 0 Å². The summed E-state index contributed by atoms with van der Waals surface area (Å²) < 4.78 is 0. The van der Waals surface area contributed by atoms with Crippen LogP contribution in [-0.4, -0.2) is 12.6 Å². The van der Waals surface area contributed by atoms with Gasteiger partial charge < -0.3 is 5.32 Å². The maximum Gasteiger partial charge on any atom is 0.00619 e. The fourth-order valence-electron chi connectivity index (χ4n) is 0.703. The van der Waals surface area contributed by atoms with E-state index < -0.39 is 0 Å². The van der Waals surface area contributed by atoms with Crippen molar-refractivity contribution in [2.45, 2.75) is 47.6 Å². The first kappa shape index (κ1) is 11.0. The van der Waals surface area contributed by atoms with Crippen molar-refractivity contribution in [3.8, 4) is 0 Å². The maximum atomic E-state index is 3.52. The van der Waals surface area contributed by atoms with Crippen molar-refractivity contribution in [1.29, 1.82) is 0 Å². The number of hydrogen-bond donors (Lipinski definition) is 1. The molecule has 0 aliphatic heterocycles. The highest BCUT2D eigenvalue weighted by Crippen LogP contribution is 2.11. The second-order valence-corrected chi connectivity index (χ2v) is 4.97. The molecule has 0 saturated heterocycles. The Balaban J connectivity index is 3.54. The van der Waals surface area contributed by atoms with Crippen molar-refractivity contribution in [3.05, 3.63) is 0 Å². The zero-order chi connectivity index (χ0) is 9.07. The lowest BCUT2D eigenvalue weighted by Crippen LogP contribution is -2.36. The number of nitrogens with one attached hydrogen (secondary N) is 1. The van der Waals surface area contributed by atoms with E-state index in [1.54, 1.807) is 0 Å². The second-order valence-electron chi connectivity index (χ2n) is 4.97. The van der Waals surface area contributed by atoms with E-state index in [9.17, 15) is 0 Å². The normalized spacial score (nSPS) is 15.5. The van der Waals surface area contributed by atoms with Crippen molar-refractivity contribution in [1.82, 2.24) is 5.32 Å². The number of hydrogen-bond acceptors (Lipinski definition) is 1. The van der Waals surface area contributed by atoms with Gasteiger partial charge >= 0.3 is 0 Å². The van der Waals surface area contributed by atoms with Crippen molar-refractivity contribution < 1.29 is 0 Å². The lowest BCUT2D eigenvalue weighted by Gasteiger charge is -2.24. The Hall–Kier alpha value is -0.0400. The van der Waals surface area contributed by atoms with Gasteiger partial charge in [-0.05, 0) is 18.3 Å². The molecule has 0 spiro atoms. The largest absolute Gasteiger partial charge is 0.313 e. The summed E-state index contributed by atoms with van der Waals surface area (Å²) in [6.45, 7) is 14.6. The highest BCUT2D eigenvalue weighted by atomic mass is 14.9. The van der Waals surface area contributed by atoms with E-state index >= 15 is 0 Å². The zero-order valence-electron chi connectivity index (χ0n) is 8.86. The molecule has 0 aliphatic carbocycles. The molecule has 0 saturated carbocycles. The van der Waals surface area contributed by atoms with Gasteiger partial charge in [0, 0.05) is 12.6 Å². The van der Waals surface area contributed by atoms with Gasteiger partial charge in [0.15, 0.2) is 0 Å². The average molecular weight is 157 g/mol. The minimum Gasteiger partial charge on any atom is -0.313 e. The van der Waals surface area contributed by atoms with Crippen LogP contribution >= 0.6 is 0 Å². The molecule has 0 heterocycles. The quantitative estimate of drug-likeness (QED) is 0.664. The minimum absolute atomic E-state index is 0.406. The molecule has 0 aromatic heterocycles. The third-order valence-corrected chi connectivity index (χ3v) is 1.95. The van der Waals surface area contributed by atoms with Crippen molar-refractivity contribution in [3.63, 3.8) is 0 Å². The second kappa shape index (κ2) is 4.10. The van der Waals surface area contributed by atoms with Crippen LogP contribution in [0.5, 0.6) is 0 Å². The van der Waals surface area contributed by atoms with Gasteiger partial charge in [0.2, 0.25) is 0 Å². The third kappa shape index (κ3) is 6.36. The minimum atomic E-state index is 0.406. The molecule has 1 heteroatoms. The average Bonchev–Trinajstić information content (AvgIpc) is 1.80. The van der Waals surface area contributed by atoms with Gasteiger partial charge in [-0.15, -0.1) is 0 Å². The molecule has 11 heavy (non-hydrogen) atoms. The Kier molecular flexibility index (Phi) is 4.09. The highest BCUT2D eigenvalue weighted by Gasteiger charge is 2.12. The standard InChI is InChI=1S/C10H23N/c1-8(2)9(3)11-7-10(4,5)6/h8-9,11H,7H2,1-6H3/t9-/m1/s1. The van der Waals surface area contributed by atoms with Gasteiger partial charge in [0.1, 0.15) is 0 Å². The molecule has 0 aromatic rings. The van der Waals surface area contributed by atoms with Crippen LogP contribution in [0.2, 0.25) is 0 Å². The molecule has 68 valence electrons. The summed E-state index contributed by atoms with van der Waals surface area (Å²) in [6, 6.07) is 0.634. The molecule has 0 amide bonds. The summed E-state index contributed by atoms with van der Waals surface area (Å²) in [5.41, 5.74) is 0.406. The summed E-state index contributed by atoms with van der Waals surface area (Å²) in [5.74, 6) is 0.734. The lowest BCUT2D eigenvalue weighted by atomic mass is 9.95. The lowest BCUT2D eigenvalue weighted by molar-refractivity contribution is 0.326. The molecule has 0 rings (SSSR count). The molecule has 1 nitrogen and oxygen atoms in total. The maximum absolute atomic E-state index is 3.52. The van der Waals surface area contributed by atoms with Gasteiger partial charge in [-0.25, -0.2) is 0 Å². The molecular formula is C10H23N. The van der Waals surface area contributed by atoms with Crippen molar-refractivity contribution in [2.24, 2.45) is 11.3 Å². The van der Waals surface area contributed by atoms with Gasteiger partial charge in [0.25, 0.3) is 0 Å². The van der Waals surface area contributed by atoms with Crippen LogP contribution < -0.4 is 5.32 Å². The van der Waals surface area contributed by atoms with Gasteiger partial charge in [-0.1, -0.05) is 34.6 Å². The summed E-state index contributed by atoms with van der Waals surface area (Å²) in [4.78, 5) is 0. The van der Waals surface area contributed by atoms with Crippen LogP contribution in [-0.2, 0) is 0 Å². The highest BCUT2D eigenvalue weighted by molar-refractivity contribution is 4.70. The first-order chi connectivity index (χ1) is 4.83. The predicted molar refractivity (Wildman–Crippen MR) is 51.8 cm³/mol. The Labute approximate surface area is 71.6 Å². The Morgan fingerprint density at radius 1 is 1.09 bits per heavy atom. The molecule has 0 bridgehead atoms. The third-order valence-electron chi connectivity index (χ3n) is 1.95. The monoisotopic (exact) mass is 157 g/mol. The Bertz CT molecular complexity index is 99.9. The molecule has 0 fully saturated rings. The summed E-state index contributed by atoms with van der Waals surface area (Å²) in [5, 5.41) is 3.52. The number of rotatable bonds is 3. The Morgan fingerprint density at radius 2 is 1.55 bits per heavy atom. The topological polar surface area (TPSA) is 12.0 Å². The van der Waals surface area contributed by atoms with Crippen molar-refractivity contribution >= 4 is 0 Å². The van der Waals surface area contributed by atoms with Crippen LogP contribution in [0.4, 0.5) is 0 Å². The smallest absolute Gasteiger partial charge is 0.00619 e. The van der Waals surface area contributed by atoms with E-state index in [0.717, 1.165) is 12.5 Å². The van der Waals surface area contributed by atoms with Crippen molar-refractivity contribution in [2.75, 3.05) is 6.54 Å². The predicted octanol–water partition coefficient (Wildman–Crippen LogP) is 2.67. The zero-order valence-corrected chi connectivity index (χ0v) is 8.86. The summed E-state index contributed by atoms with van der Waals surface area (Å²) >= 11 is 0. The SMILES string of the molecule is CC(C)[C@@H](C)NCC(C)(C)C. The molecule has 1 atom stereocenters. The molecule has 1 N–H and O–H groups in total. The fraction of sp³-hybridized carbons (Fsp3) is 1.00. The van der Waals surface area contributed by atoms with E-state index in [2.05, 4.69) is 46.9 Å². The van der Waals surface area contributed by atoms with E-state index in [1.807, 2.05) is 0 Å². The Morgan fingerprint density at radius 3 is 1.82 bits per heavy atom. The first-order valence-corrected chi connectivity index (χ1v) is 4.56. The van der Waals surface area contributed by atoms with Gasteiger partial charge in [0.05, 0.1) is 0 Å². The summed E-state index contributed by atoms with van der Waals surface area (Å²) in [6.07, 6.45) is 0. The van der Waals surface area contributed by atoms with E-state index in [0.29, 0.717) is 11.5 Å². The van der Waals surface area contributed by atoms with E-state index in [1.165, 1.54) is 0 Å². The summed E-state index contributed by atoms with van der Waals surface area (Å²) in [7, 11) is 0. The molecule has 0 radical (unpaired) electrons. The van der Waals surface area contributed by atoms with Crippen LogP contribution in [0.3, 0.4) is 0 Å². The van der Waals surface area contributed by atoms with E-state index in [-0.39, 0.29) is 0 Å². The van der Waals surface area contributed by atoms with Crippen LogP contribution in [0, 0.1) is 11.3 Å². The fourth-order valence-corrected chi connectivity index (χ4v) is 0.703. The molecule has 0 unspecified atom stereocenters. The van der Waals surface area contributed by atoms with Crippen LogP contribution in [0.1, 0.15) is 41.5 Å². The molecule has 0 aliphatic rings. The molecular weight excluding hydrogens is 134 g/mol. The molecule has 0 aromatic carbocycles.